The van der Waals surface area contributed by atoms with E-state index in [2.05, 4.69) is 22.2 Å². The SMILES string of the molecule is O=C(Cc1ccc2c(c1)CCCC2)Nc1ccc(OC(F)F)cc1. The van der Waals surface area contributed by atoms with Crippen LogP contribution in [-0.4, -0.2) is 12.5 Å². The van der Waals surface area contributed by atoms with Gasteiger partial charge in [0.05, 0.1) is 6.42 Å². The summed E-state index contributed by atoms with van der Waals surface area (Å²) in [7, 11) is 0. The minimum atomic E-state index is -2.85. The van der Waals surface area contributed by atoms with Crippen molar-refractivity contribution in [1.82, 2.24) is 0 Å². The first-order valence-corrected chi connectivity index (χ1v) is 8.05. The molecule has 3 nitrogen and oxygen atoms in total. The number of benzene rings is 2. The Balaban J connectivity index is 1.59. The number of anilines is 1. The molecule has 24 heavy (non-hydrogen) atoms. The van der Waals surface area contributed by atoms with Gasteiger partial charge in [-0.1, -0.05) is 18.2 Å². The molecule has 0 heterocycles. The number of ether oxygens (including phenoxy) is 1. The Morgan fingerprint density at radius 1 is 1.04 bits per heavy atom. The Hall–Kier alpha value is -2.43. The van der Waals surface area contributed by atoms with Crippen LogP contribution in [0, 0.1) is 0 Å². The van der Waals surface area contributed by atoms with Crippen LogP contribution in [0.15, 0.2) is 42.5 Å². The Bertz CT molecular complexity index is 714. The molecule has 0 atom stereocenters. The van der Waals surface area contributed by atoms with Crippen molar-refractivity contribution in [3.63, 3.8) is 0 Å². The Morgan fingerprint density at radius 2 is 1.75 bits per heavy atom. The maximum Gasteiger partial charge on any atom is 0.387 e. The predicted octanol–water partition coefficient (Wildman–Crippen LogP) is 4.35. The third kappa shape index (κ3) is 4.31. The van der Waals surface area contributed by atoms with Gasteiger partial charge in [-0.15, -0.1) is 0 Å². The van der Waals surface area contributed by atoms with Crippen molar-refractivity contribution in [3.8, 4) is 5.75 Å². The molecule has 0 saturated carbocycles. The first-order chi connectivity index (χ1) is 11.6. The van der Waals surface area contributed by atoms with Crippen LogP contribution < -0.4 is 10.1 Å². The fourth-order valence-corrected chi connectivity index (χ4v) is 3.01. The number of hydrogen-bond donors (Lipinski definition) is 1. The lowest BCUT2D eigenvalue weighted by Crippen LogP contribution is -2.15. The van der Waals surface area contributed by atoms with Crippen LogP contribution in [0.25, 0.3) is 0 Å². The van der Waals surface area contributed by atoms with Crippen LogP contribution in [0.4, 0.5) is 14.5 Å². The zero-order valence-corrected chi connectivity index (χ0v) is 13.2. The smallest absolute Gasteiger partial charge is 0.387 e. The lowest BCUT2D eigenvalue weighted by Gasteiger charge is -2.16. The van der Waals surface area contributed by atoms with Gasteiger partial charge in [0, 0.05) is 5.69 Å². The number of rotatable bonds is 5. The topological polar surface area (TPSA) is 38.3 Å². The molecule has 3 rings (SSSR count). The second-order valence-corrected chi connectivity index (χ2v) is 5.94. The van der Waals surface area contributed by atoms with Crippen LogP contribution in [-0.2, 0) is 24.1 Å². The average molecular weight is 331 g/mol. The maximum absolute atomic E-state index is 12.2. The van der Waals surface area contributed by atoms with Crippen LogP contribution in [0.2, 0.25) is 0 Å². The molecule has 0 aromatic heterocycles. The quantitative estimate of drug-likeness (QED) is 0.885. The molecule has 0 radical (unpaired) electrons. The molecule has 0 saturated heterocycles. The van der Waals surface area contributed by atoms with Crippen molar-refractivity contribution >= 4 is 11.6 Å². The van der Waals surface area contributed by atoms with E-state index in [-0.39, 0.29) is 11.7 Å². The predicted molar refractivity (Wildman–Crippen MR) is 88.5 cm³/mol. The molecule has 2 aromatic rings. The zero-order chi connectivity index (χ0) is 16.9. The van der Waals surface area contributed by atoms with E-state index in [1.54, 1.807) is 12.1 Å². The molecule has 5 heteroatoms. The summed E-state index contributed by atoms with van der Waals surface area (Å²) in [4.78, 5) is 12.2. The number of carbonyl (C=O) groups excluding carboxylic acids is 1. The second kappa shape index (κ2) is 7.43. The number of amides is 1. The summed E-state index contributed by atoms with van der Waals surface area (Å²) < 4.78 is 28.5. The van der Waals surface area contributed by atoms with Gasteiger partial charge >= 0.3 is 6.61 Å². The summed E-state index contributed by atoms with van der Waals surface area (Å²) in [6, 6.07) is 12.1. The average Bonchev–Trinajstić information content (AvgIpc) is 2.56. The van der Waals surface area contributed by atoms with E-state index < -0.39 is 6.61 Å². The van der Waals surface area contributed by atoms with Crippen molar-refractivity contribution in [1.29, 1.82) is 0 Å². The van der Waals surface area contributed by atoms with Gasteiger partial charge in [-0.2, -0.15) is 8.78 Å². The summed E-state index contributed by atoms with van der Waals surface area (Å²) in [5, 5.41) is 2.77. The number of carbonyl (C=O) groups is 1. The van der Waals surface area contributed by atoms with Crippen LogP contribution >= 0.6 is 0 Å². The van der Waals surface area contributed by atoms with E-state index in [9.17, 15) is 13.6 Å². The van der Waals surface area contributed by atoms with Gasteiger partial charge in [0.25, 0.3) is 0 Å². The fourth-order valence-electron chi connectivity index (χ4n) is 3.01. The number of alkyl halides is 2. The minimum absolute atomic E-state index is 0.0673. The van der Waals surface area contributed by atoms with Crippen molar-refractivity contribution in [3.05, 3.63) is 59.2 Å². The second-order valence-electron chi connectivity index (χ2n) is 5.94. The van der Waals surface area contributed by atoms with Crippen LogP contribution in [0.1, 0.15) is 29.5 Å². The molecule has 1 aliphatic carbocycles. The highest BCUT2D eigenvalue weighted by molar-refractivity contribution is 5.92. The summed E-state index contributed by atoms with van der Waals surface area (Å²) in [6.45, 7) is -2.85. The molecule has 0 aliphatic heterocycles. The monoisotopic (exact) mass is 331 g/mol. The fraction of sp³-hybridized carbons (Fsp3) is 0.316. The van der Waals surface area contributed by atoms with Gasteiger partial charge in [-0.25, -0.2) is 0 Å². The highest BCUT2D eigenvalue weighted by Crippen LogP contribution is 2.23. The molecular weight excluding hydrogens is 312 g/mol. The van der Waals surface area contributed by atoms with E-state index in [4.69, 9.17) is 0 Å². The van der Waals surface area contributed by atoms with E-state index >= 15 is 0 Å². The highest BCUT2D eigenvalue weighted by Gasteiger charge is 2.11. The molecule has 0 fully saturated rings. The molecule has 0 bridgehead atoms. The number of halogens is 2. The standard InChI is InChI=1S/C19H19F2NO2/c20-19(21)24-17-9-7-16(8-10-17)22-18(23)12-13-5-6-14-3-1-2-4-15(14)11-13/h5-11,19H,1-4,12H2,(H,22,23). The van der Waals surface area contributed by atoms with E-state index in [1.807, 2.05) is 6.07 Å². The molecule has 0 unspecified atom stereocenters. The van der Waals surface area contributed by atoms with Crippen molar-refractivity contribution < 1.29 is 18.3 Å². The van der Waals surface area contributed by atoms with Gasteiger partial charge in [0.2, 0.25) is 5.91 Å². The zero-order valence-electron chi connectivity index (χ0n) is 13.2. The number of fused-ring (bicyclic) bond motifs is 1. The summed E-state index contributed by atoms with van der Waals surface area (Å²) in [6.07, 6.45) is 4.93. The minimum Gasteiger partial charge on any atom is -0.435 e. The van der Waals surface area contributed by atoms with E-state index in [0.717, 1.165) is 18.4 Å². The van der Waals surface area contributed by atoms with Gasteiger partial charge in [-0.05, 0) is 66.6 Å². The van der Waals surface area contributed by atoms with Gasteiger partial charge < -0.3 is 10.1 Å². The van der Waals surface area contributed by atoms with Crippen LogP contribution in [0.3, 0.4) is 0 Å². The Labute approximate surface area is 139 Å². The lowest BCUT2D eigenvalue weighted by molar-refractivity contribution is -0.115. The third-order valence-corrected chi connectivity index (χ3v) is 4.14. The summed E-state index contributed by atoms with van der Waals surface area (Å²) in [5.41, 5.74) is 4.28. The van der Waals surface area contributed by atoms with Gasteiger partial charge in [-0.3, -0.25) is 4.79 Å². The molecule has 126 valence electrons. The highest BCUT2D eigenvalue weighted by atomic mass is 19.3. The Kier molecular flexibility index (Phi) is 5.08. The van der Waals surface area contributed by atoms with E-state index in [0.29, 0.717) is 12.1 Å². The van der Waals surface area contributed by atoms with Gasteiger partial charge in [0.15, 0.2) is 0 Å². The molecule has 0 spiro atoms. The Morgan fingerprint density at radius 3 is 2.46 bits per heavy atom. The normalized spacial score (nSPS) is 13.5. The molecule has 1 aliphatic rings. The number of aryl methyl sites for hydroxylation is 2. The molecule has 1 N–H and O–H groups in total. The number of hydrogen-bond acceptors (Lipinski definition) is 2. The van der Waals surface area contributed by atoms with Crippen LogP contribution in [0.5, 0.6) is 5.75 Å². The van der Waals surface area contributed by atoms with E-state index in [1.165, 1.54) is 36.1 Å². The van der Waals surface area contributed by atoms with Crippen molar-refractivity contribution in [2.75, 3.05) is 5.32 Å². The lowest BCUT2D eigenvalue weighted by atomic mass is 9.90. The molecular formula is C19H19F2NO2. The molecule has 2 aromatic carbocycles. The maximum atomic E-state index is 12.2. The van der Waals surface area contributed by atoms with Crippen molar-refractivity contribution in [2.45, 2.75) is 38.7 Å². The van der Waals surface area contributed by atoms with Gasteiger partial charge in [0.1, 0.15) is 5.75 Å². The number of nitrogens with one attached hydrogen (secondary N) is 1. The third-order valence-electron chi connectivity index (χ3n) is 4.14. The largest absolute Gasteiger partial charge is 0.435 e. The van der Waals surface area contributed by atoms with Crippen molar-refractivity contribution in [2.24, 2.45) is 0 Å². The summed E-state index contributed by atoms with van der Waals surface area (Å²) >= 11 is 0. The summed E-state index contributed by atoms with van der Waals surface area (Å²) in [5.74, 6) is -0.0639. The first-order valence-electron chi connectivity index (χ1n) is 8.05. The molecule has 1 amide bonds. The first kappa shape index (κ1) is 16.4.